The van der Waals surface area contributed by atoms with E-state index in [0.29, 0.717) is 19.6 Å². The zero-order valence-corrected chi connectivity index (χ0v) is 12.2. The number of anilines is 1. The molecule has 2 rings (SSSR count). The van der Waals surface area contributed by atoms with E-state index in [-0.39, 0.29) is 16.9 Å². The highest BCUT2D eigenvalue weighted by molar-refractivity contribution is 5.55. The number of halogens is 3. The summed E-state index contributed by atoms with van der Waals surface area (Å²) in [7, 11) is 1.97. The molecule has 0 unspecified atom stereocenters. The summed E-state index contributed by atoms with van der Waals surface area (Å²) < 4.78 is 38.4. The van der Waals surface area contributed by atoms with Gasteiger partial charge in [-0.15, -0.1) is 0 Å². The van der Waals surface area contributed by atoms with Gasteiger partial charge in [-0.1, -0.05) is 0 Å². The second-order valence-corrected chi connectivity index (χ2v) is 5.83. The first-order chi connectivity index (χ1) is 9.65. The minimum absolute atomic E-state index is 0.119. The number of likely N-dealkylation sites (N-methyl/N-ethyl adjacent to an activating group) is 1. The molecule has 0 N–H and O–H groups in total. The molecular weight excluding hydrogens is 281 g/mol. The van der Waals surface area contributed by atoms with E-state index in [2.05, 4.69) is 9.88 Å². The maximum Gasteiger partial charge on any atom is 0.433 e. The minimum Gasteiger partial charge on any atom is -0.352 e. The van der Waals surface area contributed by atoms with Gasteiger partial charge < -0.3 is 4.90 Å². The molecule has 1 saturated heterocycles. The Labute approximate surface area is 121 Å². The standard InChI is InChI=1S/C14H17F3N4/c1-13(2)9-21(7-6-20(13)3)12-10(8-18)4-5-11(19-12)14(15,16)17/h4-5H,6-7,9H2,1-3H3. The van der Waals surface area contributed by atoms with Gasteiger partial charge in [-0.05, 0) is 33.0 Å². The van der Waals surface area contributed by atoms with Crippen molar-refractivity contribution < 1.29 is 13.2 Å². The zero-order valence-electron chi connectivity index (χ0n) is 12.2. The molecule has 0 aliphatic carbocycles. The number of pyridine rings is 1. The Kier molecular flexibility index (Phi) is 3.85. The average Bonchev–Trinajstić information content (AvgIpc) is 2.40. The lowest BCUT2D eigenvalue weighted by atomic mass is 9.99. The zero-order chi connectivity index (χ0) is 15.8. The minimum atomic E-state index is -4.51. The molecule has 1 aliphatic rings. The molecule has 114 valence electrons. The monoisotopic (exact) mass is 298 g/mol. The van der Waals surface area contributed by atoms with Crippen LogP contribution in [0.25, 0.3) is 0 Å². The topological polar surface area (TPSA) is 43.2 Å². The van der Waals surface area contributed by atoms with Crippen LogP contribution in [0, 0.1) is 11.3 Å². The van der Waals surface area contributed by atoms with Crippen LogP contribution in [0.1, 0.15) is 25.1 Å². The summed E-state index contributed by atoms with van der Waals surface area (Å²) in [5.41, 5.74) is -0.988. The second kappa shape index (κ2) is 5.19. The highest BCUT2D eigenvalue weighted by atomic mass is 19.4. The number of hydrogen-bond donors (Lipinski definition) is 0. The van der Waals surface area contributed by atoms with Gasteiger partial charge in [0.1, 0.15) is 17.6 Å². The summed E-state index contributed by atoms with van der Waals surface area (Å²) in [5, 5.41) is 9.12. The third-order valence-corrected chi connectivity index (χ3v) is 3.90. The van der Waals surface area contributed by atoms with Crippen molar-refractivity contribution in [3.8, 4) is 6.07 Å². The van der Waals surface area contributed by atoms with Crippen LogP contribution in [0.3, 0.4) is 0 Å². The SMILES string of the molecule is CN1CCN(c2nc(C(F)(F)F)ccc2C#N)CC1(C)C. The number of alkyl halides is 3. The van der Waals surface area contributed by atoms with Gasteiger partial charge in [0.25, 0.3) is 0 Å². The number of nitrogens with zero attached hydrogens (tertiary/aromatic N) is 4. The van der Waals surface area contributed by atoms with Gasteiger partial charge in [0.05, 0.1) is 5.56 Å². The predicted molar refractivity (Wildman–Crippen MR) is 72.9 cm³/mol. The Hall–Kier alpha value is -1.81. The van der Waals surface area contributed by atoms with E-state index in [1.54, 1.807) is 4.90 Å². The fourth-order valence-electron chi connectivity index (χ4n) is 2.36. The third kappa shape index (κ3) is 3.10. The summed E-state index contributed by atoms with van der Waals surface area (Å²) in [6, 6.07) is 3.97. The Bertz CT molecular complexity index is 575. The van der Waals surface area contributed by atoms with Crippen LogP contribution in [-0.4, -0.2) is 42.1 Å². The van der Waals surface area contributed by atoms with Crippen molar-refractivity contribution in [2.45, 2.75) is 25.6 Å². The molecule has 0 atom stereocenters. The van der Waals surface area contributed by atoms with Crippen molar-refractivity contribution in [2.75, 3.05) is 31.6 Å². The number of aromatic nitrogens is 1. The van der Waals surface area contributed by atoms with Crippen LogP contribution in [0.4, 0.5) is 19.0 Å². The normalized spacial score (nSPS) is 19.4. The van der Waals surface area contributed by atoms with Crippen molar-refractivity contribution in [3.63, 3.8) is 0 Å². The van der Waals surface area contributed by atoms with Gasteiger partial charge in [0.15, 0.2) is 0 Å². The summed E-state index contributed by atoms with van der Waals surface area (Å²) in [6.07, 6.45) is -4.51. The Morgan fingerprint density at radius 1 is 1.29 bits per heavy atom. The molecule has 0 aromatic carbocycles. The quantitative estimate of drug-likeness (QED) is 0.799. The molecule has 1 aliphatic heterocycles. The molecule has 2 heterocycles. The van der Waals surface area contributed by atoms with Gasteiger partial charge >= 0.3 is 6.18 Å². The third-order valence-electron chi connectivity index (χ3n) is 3.90. The largest absolute Gasteiger partial charge is 0.433 e. The molecular formula is C14H17F3N4. The lowest BCUT2D eigenvalue weighted by Crippen LogP contribution is -2.58. The van der Waals surface area contributed by atoms with E-state index in [1.807, 2.05) is 27.0 Å². The first kappa shape index (κ1) is 15.6. The van der Waals surface area contributed by atoms with Crippen molar-refractivity contribution in [1.29, 1.82) is 5.26 Å². The Balaban J connectivity index is 2.41. The maximum atomic E-state index is 12.8. The summed E-state index contributed by atoms with van der Waals surface area (Å²) in [5.74, 6) is 0.119. The van der Waals surface area contributed by atoms with Gasteiger partial charge in [-0.25, -0.2) is 4.98 Å². The summed E-state index contributed by atoms with van der Waals surface area (Å²) in [4.78, 5) is 7.59. The lowest BCUT2D eigenvalue weighted by molar-refractivity contribution is -0.141. The number of piperazine rings is 1. The van der Waals surface area contributed by atoms with Gasteiger partial charge in [0, 0.05) is 25.2 Å². The Morgan fingerprint density at radius 3 is 2.48 bits per heavy atom. The molecule has 0 radical (unpaired) electrons. The molecule has 0 bridgehead atoms. The first-order valence-corrected chi connectivity index (χ1v) is 6.60. The second-order valence-electron chi connectivity index (χ2n) is 5.83. The van der Waals surface area contributed by atoms with E-state index < -0.39 is 11.9 Å². The predicted octanol–water partition coefficient (Wildman–Crippen LogP) is 2.50. The molecule has 0 saturated carbocycles. The van der Waals surface area contributed by atoms with Gasteiger partial charge in [-0.2, -0.15) is 18.4 Å². The molecule has 0 amide bonds. The number of rotatable bonds is 1. The van der Waals surface area contributed by atoms with Crippen molar-refractivity contribution in [2.24, 2.45) is 0 Å². The van der Waals surface area contributed by atoms with Gasteiger partial charge in [-0.3, -0.25) is 4.90 Å². The Morgan fingerprint density at radius 2 is 1.95 bits per heavy atom. The molecule has 4 nitrogen and oxygen atoms in total. The number of hydrogen-bond acceptors (Lipinski definition) is 4. The highest BCUT2D eigenvalue weighted by Crippen LogP contribution is 2.32. The van der Waals surface area contributed by atoms with Crippen LogP contribution in [-0.2, 0) is 6.18 Å². The van der Waals surface area contributed by atoms with E-state index in [0.717, 1.165) is 6.07 Å². The molecule has 21 heavy (non-hydrogen) atoms. The summed E-state index contributed by atoms with van der Waals surface area (Å²) >= 11 is 0. The van der Waals surface area contributed by atoms with E-state index in [9.17, 15) is 13.2 Å². The van der Waals surface area contributed by atoms with Crippen LogP contribution in [0.2, 0.25) is 0 Å². The van der Waals surface area contributed by atoms with Crippen LogP contribution in [0.15, 0.2) is 12.1 Å². The van der Waals surface area contributed by atoms with E-state index in [1.165, 1.54) is 6.07 Å². The molecule has 1 fully saturated rings. The van der Waals surface area contributed by atoms with Crippen LogP contribution >= 0.6 is 0 Å². The highest BCUT2D eigenvalue weighted by Gasteiger charge is 2.36. The summed E-state index contributed by atoms with van der Waals surface area (Å²) in [6.45, 7) is 5.79. The van der Waals surface area contributed by atoms with E-state index >= 15 is 0 Å². The van der Waals surface area contributed by atoms with E-state index in [4.69, 9.17) is 5.26 Å². The lowest BCUT2D eigenvalue weighted by Gasteiger charge is -2.46. The smallest absolute Gasteiger partial charge is 0.352 e. The molecule has 1 aromatic heterocycles. The molecule has 7 heteroatoms. The number of nitriles is 1. The molecule has 1 aromatic rings. The maximum absolute atomic E-state index is 12.8. The molecule has 0 spiro atoms. The van der Waals surface area contributed by atoms with Crippen molar-refractivity contribution in [1.82, 2.24) is 9.88 Å². The first-order valence-electron chi connectivity index (χ1n) is 6.60. The fraction of sp³-hybridized carbons (Fsp3) is 0.571. The van der Waals surface area contributed by atoms with Crippen LogP contribution in [0.5, 0.6) is 0 Å². The van der Waals surface area contributed by atoms with Gasteiger partial charge in [0.2, 0.25) is 0 Å². The van der Waals surface area contributed by atoms with Crippen LogP contribution < -0.4 is 4.90 Å². The fourth-order valence-corrected chi connectivity index (χ4v) is 2.36. The van der Waals surface area contributed by atoms with Crippen molar-refractivity contribution in [3.05, 3.63) is 23.4 Å². The van der Waals surface area contributed by atoms with Crippen molar-refractivity contribution >= 4 is 5.82 Å². The average molecular weight is 298 g/mol.